The second kappa shape index (κ2) is 8.17. The Morgan fingerprint density at radius 1 is 1.29 bits per heavy atom. The normalized spacial score (nSPS) is 12.3. The van der Waals surface area contributed by atoms with Crippen LogP contribution < -0.4 is 10.1 Å². The molecule has 0 aliphatic rings. The van der Waals surface area contributed by atoms with Crippen LogP contribution in [0.3, 0.4) is 0 Å². The molecule has 3 nitrogen and oxygen atoms in total. The van der Waals surface area contributed by atoms with E-state index in [4.69, 9.17) is 4.74 Å². The lowest BCUT2D eigenvalue weighted by atomic mass is 10.2. The van der Waals surface area contributed by atoms with Gasteiger partial charge in [-0.2, -0.15) is 0 Å². The van der Waals surface area contributed by atoms with Crippen molar-refractivity contribution in [1.29, 1.82) is 0 Å². The van der Waals surface area contributed by atoms with Gasteiger partial charge < -0.3 is 15.2 Å². The largest absolute Gasteiger partial charge is 0.491 e. The Hall–Kier alpha value is -1.36. The number of aryl methyl sites for hydroxylation is 2. The number of aliphatic hydroxyl groups excluding tert-OH is 1. The van der Waals surface area contributed by atoms with Crippen LogP contribution in [0, 0.1) is 6.92 Å². The number of thiophene rings is 1. The van der Waals surface area contributed by atoms with Gasteiger partial charge in [0.05, 0.1) is 0 Å². The molecule has 21 heavy (non-hydrogen) atoms. The van der Waals surface area contributed by atoms with E-state index in [1.165, 1.54) is 10.4 Å². The Morgan fingerprint density at radius 2 is 2.10 bits per heavy atom. The number of nitrogens with one attached hydrogen (secondary N) is 1. The van der Waals surface area contributed by atoms with Gasteiger partial charge in [-0.1, -0.05) is 25.1 Å². The Morgan fingerprint density at radius 3 is 2.86 bits per heavy atom. The van der Waals surface area contributed by atoms with Gasteiger partial charge in [0.25, 0.3) is 0 Å². The summed E-state index contributed by atoms with van der Waals surface area (Å²) < 4.78 is 5.64. The zero-order valence-electron chi connectivity index (χ0n) is 12.6. The van der Waals surface area contributed by atoms with E-state index >= 15 is 0 Å². The zero-order valence-corrected chi connectivity index (χ0v) is 13.5. The fourth-order valence-corrected chi connectivity index (χ4v) is 3.10. The Bertz CT molecular complexity index is 553. The van der Waals surface area contributed by atoms with E-state index in [-0.39, 0.29) is 0 Å². The second-order valence-electron chi connectivity index (χ2n) is 5.08. The Kier molecular flexibility index (Phi) is 6.23. The predicted octanol–water partition coefficient (Wildman–Crippen LogP) is 3.15. The third kappa shape index (κ3) is 4.84. The van der Waals surface area contributed by atoms with Crippen molar-refractivity contribution in [2.75, 3.05) is 13.2 Å². The van der Waals surface area contributed by atoms with Crippen LogP contribution in [0.25, 0.3) is 0 Å². The van der Waals surface area contributed by atoms with Gasteiger partial charge in [-0.05, 0) is 42.0 Å². The van der Waals surface area contributed by atoms with Crippen LogP contribution in [0.1, 0.15) is 22.9 Å². The highest BCUT2D eigenvalue weighted by Crippen LogP contribution is 2.17. The van der Waals surface area contributed by atoms with Gasteiger partial charge in [0, 0.05) is 18.0 Å². The highest BCUT2D eigenvalue weighted by Gasteiger charge is 2.07. The maximum Gasteiger partial charge on any atom is 0.122 e. The van der Waals surface area contributed by atoms with Crippen LogP contribution in [0.15, 0.2) is 35.7 Å². The molecule has 1 heterocycles. The molecule has 1 unspecified atom stereocenters. The molecule has 0 fully saturated rings. The first kappa shape index (κ1) is 16.0. The van der Waals surface area contributed by atoms with Crippen LogP contribution in [-0.4, -0.2) is 24.4 Å². The zero-order chi connectivity index (χ0) is 15.1. The van der Waals surface area contributed by atoms with Crippen molar-refractivity contribution in [2.24, 2.45) is 0 Å². The third-order valence-electron chi connectivity index (χ3n) is 3.41. The molecule has 0 saturated carbocycles. The number of benzene rings is 1. The molecule has 1 atom stereocenters. The number of para-hydroxylation sites is 1. The van der Waals surface area contributed by atoms with Crippen molar-refractivity contribution in [2.45, 2.75) is 32.9 Å². The molecule has 2 rings (SSSR count). The van der Waals surface area contributed by atoms with Crippen molar-refractivity contribution in [3.8, 4) is 5.75 Å². The summed E-state index contributed by atoms with van der Waals surface area (Å²) in [6, 6.07) is 10.0. The van der Waals surface area contributed by atoms with Gasteiger partial charge in [0.2, 0.25) is 0 Å². The van der Waals surface area contributed by atoms with Crippen LogP contribution in [0.5, 0.6) is 5.75 Å². The lowest BCUT2D eigenvalue weighted by Gasteiger charge is -2.14. The Balaban J connectivity index is 1.70. The van der Waals surface area contributed by atoms with Crippen LogP contribution >= 0.6 is 11.3 Å². The van der Waals surface area contributed by atoms with Crippen molar-refractivity contribution < 1.29 is 9.84 Å². The van der Waals surface area contributed by atoms with Crippen LogP contribution in [-0.2, 0) is 13.0 Å². The molecule has 2 N–H and O–H groups in total. The Labute approximate surface area is 130 Å². The molecule has 2 aromatic rings. The molecular weight excluding hydrogens is 282 g/mol. The molecule has 4 heteroatoms. The van der Waals surface area contributed by atoms with Gasteiger partial charge in [-0.15, -0.1) is 11.3 Å². The maximum atomic E-state index is 9.97. The van der Waals surface area contributed by atoms with Crippen molar-refractivity contribution in [3.05, 3.63) is 51.7 Å². The summed E-state index contributed by atoms with van der Waals surface area (Å²) in [4.78, 5) is 1.35. The minimum absolute atomic E-state index is 0.308. The van der Waals surface area contributed by atoms with E-state index in [0.717, 1.165) is 24.3 Å². The molecular formula is C17H23NO2S. The molecule has 114 valence electrons. The minimum Gasteiger partial charge on any atom is -0.491 e. The maximum absolute atomic E-state index is 9.97. The first-order valence-electron chi connectivity index (χ1n) is 7.33. The van der Waals surface area contributed by atoms with Gasteiger partial charge in [0.15, 0.2) is 0 Å². The molecule has 0 amide bonds. The van der Waals surface area contributed by atoms with E-state index in [2.05, 4.69) is 23.7 Å². The summed E-state index contributed by atoms with van der Waals surface area (Å²) in [7, 11) is 0. The van der Waals surface area contributed by atoms with Crippen molar-refractivity contribution >= 4 is 11.3 Å². The van der Waals surface area contributed by atoms with Crippen molar-refractivity contribution in [3.63, 3.8) is 0 Å². The predicted molar refractivity (Wildman–Crippen MR) is 88.1 cm³/mol. The number of ether oxygens (including phenoxy) is 1. The molecule has 0 saturated heterocycles. The molecule has 0 aliphatic carbocycles. The molecule has 1 aromatic carbocycles. The highest BCUT2D eigenvalue weighted by atomic mass is 32.1. The lowest BCUT2D eigenvalue weighted by Crippen LogP contribution is -2.31. The number of rotatable bonds is 8. The van der Waals surface area contributed by atoms with E-state index in [0.29, 0.717) is 13.2 Å². The minimum atomic E-state index is -0.505. The summed E-state index contributed by atoms with van der Waals surface area (Å²) in [6.07, 6.45) is 0.550. The van der Waals surface area contributed by atoms with Crippen LogP contribution in [0.4, 0.5) is 0 Å². The van der Waals surface area contributed by atoms with Gasteiger partial charge in [-0.3, -0.25) is 0 Å². The molecule has 0 radical (unpaired) electrons. The van der Waals surface area contributed by atoms with E-state index in [9.17, 15) is 5.11 Å². The van der Waals surface area contributed by atoms with E-state index in [1.54, 1.807) is 11.3 Å². The smallest absolute Gasteiger partial charge is 0.122 e. The summed E-state index contributed by atoms with van der Waals surface area (Å²) >= 11 is 1.76. The quantitative estimate of drug-likeness (QED) is 0.787. The summed E-state index contributed by atoms with van der Waals surface area (Å²) in [5.41, 5.74) is 2.47. The lowest BCUT2D eigenvalue weighted by molar-refractivity contribution is 0.106. The highest BCUT2D eigenvalue weighted by molar-refractivity contribution is 7.10. The van der Waals surface area contributed by atoms with Gasteiger partial charge >= 0.3 is 0 Å². The second-order valence-corrected chi connectivity index (χ2v) is 6.08. The molecule has 0 spiro atoms. The monoisotopic (exact) mass is 305 g/mol. The first-order chi connectivity index (χ1) is 10.2. The average Bonchev–Trinajstić information content (AvgIpc) is 2.94. The number of hydrogen-bond acceptors (Lipinski definition) is 4. The SMILES string of the molecule is CCc1ccsc1CNCC(O)COc1ccccc1C. The molecule has 0 bridgehead atoms. The molecule has 1 aromatic heterocycles. The first-order valence-corrected chi connectivity index (χ1v) is 8.21. The van der Waals surface area contributed by atoms with Gasteiger partial charge in [-0.25, -0.2) is 0 Å². The van der Waals surface area contributed by atoms with Crippen LogP contribution in [0.2, 0.25) is 0 Å². The van der Waals surface area contributed by atoms with E-state index < -0.39 is 6.10 Å². The molecule has 0 aliphatic heterocycles. The standard InChI is InChI=1S/C17H23NO2S/c1-3-14-8-9-21-17(14)11-18-10-15(19)12-20-16-7-5-4-6-13(16)2/h4-9,15,18-19H,3,10-12H2,1-2H3. The average molecular weight is 305 g/mol. The van der Waals surface area contributed by atoms with Crippen molar-refractivity contribution in [1.82, 2.24) is 5.32 Å². The fraction of sp³-hybridized carbons (Fsp3) is 0.412. The number of aliphatic hydroxyl groups is 1. The summed E-state index contributed by atoms with van der Waals surface area (Å²) in [6.45, 7) is 5.82. The summed E-state index contributed by atoms with van der Waals surface area (Å²) in [5.74, 6) is 0.836. The van der Waals surface area contributed by atoms with Gasteiger partial charge in [0.1, 0.15) is 18.5 Å². The fourth-order valence-electron chi connectivity index (χ4n) is 2.15. The van der Waals surface area contributed by atoms with E-state index in [1.807, 2.05) is 31.2 Å². The third-order valence-corrected chi connectivity index (χ3v) is 4.37. The number of hydrogen-bond donors (Lipinski definition) is 2. The summed E-state index contributed by atoms with van der Waals surface area (Å²) in [5, 5.41) is 15.4. The topological polar surface area (TPSA) is 41.5 Å².